The van der Waals surface area contributed by atoms with E-state index in [4.69, 9.17) is 5.73 Å². The zero-order chi connectivity index (χ0) is 15.5. The van der Waals surface area contributed by atoms with E-state index in [9.17, 15) is 8.42 Å². The second kappa shape index (κ2) is 6.55. The second-order valence-electron chi connectivity index (χ2n) is 4.92. The standard InChI is InChI=1S/C14H19N3O2S2/c1-10(12-6-4-3-5-7-12)8-9-16-21(18,19)13-11(2)17-14(15)20-13/h3-7,10,16H,8-9H2,1-2H3,(H2,15,17). The third-order valence-electron chi connectivity index (χ3n) is 3.25. The van der Waals surface area contributed by atoms with Gasteiger partial charge in [-0.3, -0.25) is 0 Å². The van der Waals surface area contributed by atoms with E-state index in [2.05, 4.69) is 16.6 Å². The molecule has 0 radical (unpaired) electrons. The van der Waals surface area contributed by atoms with Crippen molar-refractivity contribution >= 4 is 26.5 Å². The van der Waals surface area contributed by atoms with Crippen LogP contribution in [0.4, 0.5) is 5.13 Å². The molecular formula is C14H19N3O2S2. The van der Waals surface area contributed by atoms with Crippen LogP contribution in [0.1, 0.15) is 30.5 Å². The van der Waals surface area contributed by atoms with Gasteiger partial charge in [-0.1, -0.05) is 48.6 Å². The van der Waals surface area contributed by atoms with Crippen LogP contribution < -0.4 is 10.5 Å². The summed E-state index contributed by atoms with van der Waals surface area (Å²) >= 11 is 0.993. The lowest BCUT2D eigenvalue weighted by Crippen LogP contribution is -2.25. The van der Waals surface area contributed by atoms with Crippen molar-refractivity contribution in [2.24, 2.45) is 0 Å². The van der Waals surface area contributed by atoms with Crippen LogP contribution in [0.15, 0.2) is 34.5 Å². The Hall–Kier alpha value is -1.44. The Kier molecular flexibility index (Phi) is 4.97. The van der Waals surface area contributed by atoms with Gasteiger partial charge in [0, 0.05) is 6.54 Å². The predicted octanol–water partition coefficient (Wildman–Crippen LogP) is 2.51. The molecule has 1 heterocycles. The Bertz CT molecular complexity index is 696. The minimum absolute atomic E-state index is 0.201. The minimum atomic E-state index is -3.52. The molecule has 0 aliphatic rings. The number of nitrogens with one attached hydrogen (secondary N) is 1. The lowest BCUT2D eigenvalue weighted by Gasteiger charge is -2.12. The maximum absolute atomic E-state index is 12.2. The lowest BCUT2D eigenvalue weighted by molar-refractivity contribution is 0.574. The normalized spacial score (nSPS) is 13.2. The Morgan fingerprint density at radius 2 is 2.00 bits per heavy atom. The molecule has 0 bridgehead atoms. The SMILES string of the molecule is Cc1nc(N)sc1S(=O)(=O)NCCC(C)c1ccccc1. The van der Waals surface area contributed by atoms with E-state index < -0.39 is 10.0 Å². The molecule has 5 nitrogen and oxygen atoms in total. The molecule has 1 aromatic carbocycles. The molecule has 3 N–H and O–H groups in total. The zero-order valence-corrected chi connectivity index (χ0v) is 13.7. The number of aryl methyl sites for hydroxylation is 1. The number of hydrogen-bond acceptors (Lipinski definition) is 5. The largest absolute Gasteiger partial charge is 0.375 e. The van der Waals surface area contributed by atoms with Gasteiger partial charge < -0.3 is 5.73 Å². The first kappa shape index (κ1) is 15.9. The third-order valence-corrected chi connectivity index (χ3v) is 6.31. The number of nitrogen functional groups attached to an aromatic ring is 1. The van der Waals surface area contributed by atoms with Crippen LogP contribution in [0, 0.1) is 6.92 Å². The highest BCUT2D eigenvalue weighted by Crippen LogP contribution is 2.25. The summed E-state index contributed by atoms with van der Waals surface area (Å²) < 4.78 is 27.2. The van der Waals surface area contributed by atoms with Gasteiger partial charge in [0.2, 0.25) is 0 Å². The first-order chi connectivity index (χ1) is 9.90. The fourth-order valence-electron chi connectivity index (χ4n) is 2.08. The molecular weight excluding hydrogens is 306 g/mol. The van der Waals surface area contributed by atoms with Gasteiger partial charge in [-0.05, 0) is 24.8 Å². The number of nitrogens with zero attached hydrogens (tertiary/aromatic N) is 1. The smallest absolute Gasteiger partial charge is 0.252 e. The topological polar surface area (TPSA) is 85.1 Å². The molecule has 0 amide bonds. The zero-order valence-electron chi connectivity index (χ0n) is 12.0. The van der Waals surface area contributed by atoms with Crippen molar-refractivity contribution in [1.29, 1.82) is 0 Å². The van der Waals surface area contributed by atoms with Gasteiger partial charge in [-0.15, -0.1) is 0 Å². The van der Waals surface area contributed by atoms with Crippen LogP contribution >= 0.6 is 11.3 Å². The second-order valence-corrected chi connectivity index (χ2v) is 7.92. The van der Waals surface area contributed by atoms with E-state index in [-0.39, 0.29) is 9.34 Å². The number of aromatic nitrogens is 1. The number of hydrogen-bond donors (Lipinski definition) is 2. The van der Waals surface area contributed by atoms with E-state index in [0.717, 1.165) is 17.8 Å². The molecule has 1 unspecified atom stereocenters. The first-order valence-electron chi connectivity index (χ1n) is 6.67. The average Bonchev–Trinajstić information content (AvgIpc) is 2.79. The molecule has 1 atom stereocenters. The molecule has 0 spiro atoms. The molecule has 0 saturated heterocycles. The summed E-state index contributed by atoms with van der Waals surface area (Å²) in [5, 5.41) is 0.269. The van der Waals surface area contributed by atoms with Crippen LogP contribution in [0.5, 0.6) is 0 Å². The summed E-state index contributed by atoms with van der Waals surface area (Å²) in [4.78, 5) is 3.95. The van der Waals surface area contributed by atoms with Gasteiger partial charge in [0.1, 0.15) is 0 Å². The van der Waals surface area contributed by atoms with E-state index in [1.807, 2.05) is 30.3 Å². The summed E-state index contributed by atoms with van der Waals surface area (Å²) in [7, 11) is -3.52. The van der Waals surface area contributed by atoms with Gasteiger partial charge in [-0.2, -0.15) is 0 Å². The van der Waals surface area contributed by atoms with Crippen molar-refractivity contribution in [1.82, 2.24) is 9.71 Å². The molecule has 2 rings (SSSR count). The molecule has 7 heteroatoms. The average molecular weight is 325 g/mol. The fraction of sp³-hybridized carbons (Fsp3) is 0.357. The van der Waals surface area contributed by atoms with Crippen molar-refractivity contribution in [2.75, 3.05) is 12.3 Å². The molecule has 114 valence electrons. The molecule has 1 aromatic heterocycles. The van der Waals surface area contributed by atoms with Crippen molar-refractivity contribution in [2.45, 2.75) is 30.4 Å². The quantitative estimate of drug-likeness (QED) is 0.854. The maximum Gasteiger partial charge on any atom is 0.252 e. The van der Waals surface area contributed by atoms with E-state index in [1.165, 1.54) is 5.56 Å². The highest BCUT2D eigenvalue weighted by atomic mass is 32.2. The van der Waals surface area contributed by atoms with E-state index in [0.29, 0.717) is 18.2 Å². The molecule has 0 aliphatic heterocycles. The summed E-state index contributed by atoms with van der Waals surface area (Å²) in [5.41, 5.74) is 7.19. The van der Waals surface area contributed by atoms with Gasteiger partial charge in [0.05, 0.1) is 5.69 Å². The first-order valence-corrected chi connectivity index (χ1v) is 8.97. The van der Waals surface area contributed by atoms with Crippen LogP contribution in [0.3, 0.4) is 0 Å². The van der Waals surface area contributed by atoms with Crippen molar-refractivity contribution in [3.8, 4) is 0 Å². The van der Waals surface area contributed by atoms with Gasteiger partial charge >= 0.3 is 0 Å². The third kappa shape index (κ3) is 4.03. The van der Waals surface area contributed by atoms with Crippen LogP contribution in [-0.4, -0.2) is 19.9 Å². The van der Waals surface area contributed by atoms with Crippen molar-refractivity contribution < 1.29 is 8.42 Å². The fourth-order valence-corrected chi connectivity index (χ4v) is 4.47. The molecule has 21 heavy (non-hydrogen) atoms. The Labute approximate surface area is 129 Å². The number of anilines is 1. The van der Waals surface area contributed by atoms with Gasteiger partial charge in [0.15, 0.2) is 9.34 Å². The Morgan fingerprint density at radius 1 is 1.33 bits per heavy atom. The van der Waals surface area contributed by atoms with Crippen LogP contribution in [0.2, 0.25) is 0 Å². The van der Waals surface area contributed by atoms with Gasteiger partial charge in [0.25, 0.3) is 10.0 Å². The number of rotatable bonds is 6. The molecule has 2 aromatic rings. The summed E-state index contributed by atoms with van der Waals surface area (Å²) in [6.45, 7) is 4.11. The maximum atomic E-state index is 12.2. The number of sulfonamides is 1. The van der Waals surface area contributed by atoms with E-state index >= 15 is 0 Å². The Balaban J connectivity index is 1.95. The highest BCUT2D eigenvalue weighted by Gasteiger charge is 2.21. The molecule has 0 fully saturated rings. The summed E-state index contributed by atoms with van der Waals surface area (Å²) in [5.74, 6) is 0.293. The summed E-state index contributed by atoms with van der Waals surface area (Å²) in [6.07, 6.45) is 0.733. The predicted molar refractivity (Wildman–Crippen MR) is 85.9 cm³/mol. The van der Waals surface area contributed by atoms with E-state index in [1.54, 1.807) is 6.92 Å². The number of nitrogens with two attached hydrogens (primary N) is 1. The monoisotopic (exact) mass is 325 g/mol. The number of benzene rings is 1. The van der Waals surface area contributed by atoms with Crippen LogP contribution in [0.25, 0.3) is 0 Å². The highest BCUT2D eigenvalue weighted by molar-refractivity contribution is 7.91. The number of thiazole rings is 1. The minimum Gasteiger partial charge on any atom is -0.375 e. The summed E-state index contributed by atoms with van der Waals surface area (Å²) in [6, 6.07) is 10.0. The van der Waals surface area contributed by atoms with Crippen molar-refractivity contribution in [3.63, 3.8) is 0 Å². The van der Waals surface area contributed by atoms with Crippen molar-refractivity contribution in [3.05, 3.63) is 41.6 Å². The Morgan fingerprint density at radius 3 is 2.57 bits per heavy atom. The van der Waals surface area contributed by atoms with Gasteiger partial charge in [-0.25, -0.2) is 18.1 Å². The van der Waals surface area contributed by atoms with Crippen LogP contribution in [-0.2, 0) is 10.0 Å². The lowest BCUT2D eigenvalue weighted by atomic mass is 9.98. The molecule has 0 saturated carbocycles. The molecule has 0 aliphatic carbocycles.